The molecule has 1 saturated heterocycles. The third kappa shape index (κ3) is 1.44. The van der Waals surface area contributed by atoms with Crippen molar-refractivity contribution in [2.75, 3.05) is 18.8 Å². The van der Waals surface area contributed by atoms with Gasteiger partial charge in [0.15, 0.2) is 5.37 Å². The molecular formula is C6H11NO2S. The lowest BCUT2D eigenvalue weighted by molar-refractivity contribution is -0.139. The summed E-state index contributed by atoms with van der Waals surface area (Å²) in [7, 11) is 0. The summed E-state index contributed by atoms with van der Waals surface area (Å²) in [5.41, 5.74) is 0. The maximum atomic E-state index is 10.5. The predicted molar refractivity (Wildman–Crippen MR) is 41.1 cm³/mol. The quantitative estimate of drug-likeness (QED) is 0.639. The van der Waals surface area contributed by atoms with E-state index in [1.54, 1.807) is 0 Å². The van der Waals surface area contributed by atoms with Gasteiger partial charge in [0.2, 0.25) is 0 Å². The first-order valence-corrected chi connectivity index (χ1v) is 4.39. The third-order valence-corrected chi connectivity index (χ3v) is 2.84. The molecular weight excluding hydrogens is 150 g/mol. The van der Waals surface area contributed by atoms with E-state index in [0.717, 1.165) is 18.8 Å². The van der Waals surface area contributed by atoms with Gasteiger partial charge in [-0.2, -0.15) is 0 Å². The van der Waals surface area contributed by atoms with Crippen molar-refractivity contribution in [3.63, 3.8) is 0 Å². The summed E-state index contributed by atoms with van der Waals surface area (Å²) < 4.78 is 0. The first-order chi connectivity index (χ1) is 4.75. The first kappa shape index (κ1) is 7.88. The Kier molecular flexibility index (Phi) is 2.56. The van der Waals surface area contributed by atoms with Gasteiger partial charge in [-0.25, -0.2) is 4.79 Å². The molecule has 1 N–H and O–H groups in total. The Bertz CT molecular complexity index is 140. The monoisotopic (exact) mass is 161 g/mol. The molecule has 1 heterocycles. The number of thioether (sulfide) groups is 1. The molecule has 0 saturated carbocycles. The Morgan fingerprint density at radius 1 is 1.90 bits per heavy atom. The minimum absolute atomic E-state index is 0.287. The van der Waals surface area contributed by atoms with Gasteiger partial charge in [-0.05, 0) is 6.54 Å². The predicted octanol–water partition coefficient (Wildman–Crippen LogP) is 0.466. The van der Waals surface area contributed by atoms with Crippen LogP contribution in [-0.4, -0.2) is 40.2 Å². The van der Waals surface area contributed by atoms with Crippen LogP contribution in [0.1, 0.15) is 6.92 Å². The van der Waals surface area contributed by atoms with Crippen LogP contribution >= 0.6 is 11.8 Å². The second kappa shape index (κ2) is 3.25. The molecule has 1 rings (SSSR count). The molecule has 0 bridgehead atoms. The van der Waals surface area contributed by atoms with Crippen LogP contribution in [0, 0.1) is 0 Å². The molecule has 3 nitrogen and oxygen atoms in total. The van der Waals surface area contributed by atoms with Crippen LogP contribution in [-0.2, 0) is 4.79 Å². The van der Waals surface area contributed by atoms with E-state index in [2.05, 4.69) is 0 Å². The molecule has 1 aliphatic heterocycles. The van der Waals surface area contributed by atoms with Crippen molar-refractivity contribution in [3.8, 4) is 0 Å². The summed E-state index contributed by atoms with van der Waals surface area (Å²) in [6.45, 7) is 3.74. The van der Waals surface area contributed by atoms with Crippen molar-refractivity contribution in [1.82, 2.24) is 4.90 Å². The summed E-state index contributed by atoms with van der Waals surface area (Å²) in [5.74, 6) is 0.245. The molecule has 58 valence electrons. The zero-order chi connectivity index (χ0) is 7.56. The number of carbonyl (C=O) groups is 1. The largest absolute Gasteiger partial charge is 0.479 e. The summed E-state index contributed by atoms with van der Waals surface area (Å²) in [6.07, 6.45) is 0. The van der Waals surface area contributed by atoms with Gasteiger partial charge in [0, 0.05) is 12.3 Å². The van der Waals surface area contributed by atoms with Crippen LogP contribution in [0.15, 0.2) is 0 Å². The van der Waals surface area contributed by atoms with Crippen LogP contribution in [0.3, 0.4) is 0 Å². The van der Waals surface area contributed by atoms with E-state index >= 15 is 0 Å². The van der Waals surface area contributed by atoms with E-state index in [-0.39, 0.29) is 5.37 Å². The molecule has 0 aromatic rings. The number of hydrogen-bond donors (Lipinski definition) is 1. The highest BCUT2D eigenvalue weighted by Gasteiger charge is 2.29. The molecule has 1 aliphatic rings. The molecule has 0 spiro atoms. The minimum atomic E-state index is -0.704. The fourth-order valence-corrected chi connectivity index (χ4v) is 2.23. The zero-order valence-corrected chi connectivity index (χ0v) is 6.73. The lowest BCUT2D eigenvalue weighted by Gasteiger charge is -2.16. The van der Waals surface area contributed by atoms with Crippen molar-refractivity contribution < 1.29 is 9.90 Å². The smallest absolute Gasteiger partial charge is 0.331 e. The number of aliphatic carboxylic acids is 1. The summed E-state index contributed by atoms with van der Waals surface area (Å²) in [5, 5.41) is 8.37. The van der Waals surface area contributed by atoms with E-state index in [1.807, 2.05) is 11.8 Å². The Hall–Kier alpha value is -0.220. The van der Waals surface area contributed by atoms with Crippen molar-refractivity contribution in [3.05, 3.63) is 0 Å². The van der Waals surface area contributed by atoms with Crippen LogP contribution < -0.4 is 0 Å². The molecule has 0 aliphatic carbocycles. The van der Waals surface area contributed by atoms with Gasteiger partial charge in [-0.1, -0.05) is 6.92 Å². The summed E-state index contributed by atoms with van der Waals surface area (Å²) in [4.78, 5) is 12.5. The van der Waals surface area contributed by atoms with Gasteiger partial charge in [0.25, 0.3) is 0 Å². The number of carboxylic acid groups (broad SMARTS) is 1. The molecule has 1 fully saturated rings. The molecule has 1 atom stereocenters. The number of carboxylic acids is 1. The van der Waals surface area contributed by atoms with Crippen molar-refractivity contribution in [1.29, 1.82) is 0 Å². The van der Waals surface area contributed by atoms with Crippen LogP contribution in [0.5, 0.6) is 0 Å². The van der Waals surface area contributed by atoms with Crippen LogP contribution in [0.4, 0.5) is 0 Å². The molecule has 10 heavy (non-hydrogen) atoms. The van der Waals surface area contributed by atoms with Crippen molar-refractivity contribution in [2.45, 2.75) is 12.3 Å². The maximum Gasteiger partial charge on any atom is 0.331 e. The summed E-state index contributed by atoms with van der Waals surface area (Å²) >= 11 is 1.51. The number of nitrogens with zero attached hydrogens (tertiary/aromatic N) is 1. The third-order valence-electron chi connectivity index (χ3n) is 1.60. The van der Waals surface area contributed by atoms with E-state index in [4.69, 9.17) is 5.11 Å². The molecule has 0 aromatic heterocycles. The van der Waals surface area contributed by atoms with Crippen LogP contribution in [0.2, 0.25) is 0 Å². The number of likely N-dealkylation sites (N-methyl/N-ethyl adjacent to an activating group) is 1. The molecule has 4 heteroatoms. The first-order valence-electron chi connectivity index (χ1n) is 3.34. The van der Waals surface area contributed by atoms with Crippen molar-refractivity contribution in [2.24, 2.45) is 0 Å². The second-order valence-corrected chi connectivity index (χ2v) is 3.38. The minimum Gasteiger partial charge on any atom is -0.479 e. The molecule has 0 aromatic carbocycles. The SMILES string of the molecule is CCN1CCSC1C(=O)O. The lowest BCUT2D eigenvalue weighted by Crippen LogP contribution is -2.34. The summed E-state index contributed by atoms with van der Waals surface area (Å²) in [6, 6.07) is 0. The highest BCUT2D eigenvalue weighted by atomic mass is 32.2. The molecule has 0 radical (unpaired) electrons. The van der Waals surface area contributed by atoms with E-state index in [1.165, 1.54) is 11.8 Å². The van der Waals surface area contributed by atoms with Crippen molar-refractivity contribution >= 4 is 17.7 Å². The molecule has 1 unspecified atom stereocenters. The fourth-order valence-electron chi connectivity index (χ4n) is 1.06. The highest BCUT2D eigenvalue weighted by molar-refractivity contribution is 8.00. The van der Waals surface area contributed by atoms with Gasteiger partial charge < -0.3 is 5.11 Å². The van der Waals surface area contributed by atoms with E-state index < -0.39 is 5.97 Å². The number of rotatable bonds is 2. The Morgan fingerprint density at radius 3 is 3.00 bits per heavy atom. The Labute approximate surface area is 64.4 Å². The van der Waals surface area contributed by atoms with Gasteiger partial charge >= 0.3 is 5.97 Å². The number of hydrogen-bond acceptors (Lipinski definition) is 3. The van der Waals surface area contributed by atoms with E-state index in [0.29, 0.717) is 0 Å². The Balaban J connectivity index is 2.50. The van der Waals surface area contributed by atoms with Gasteiger partial charge in [-0.15, -0.1) is 11.8 Å². The van der Waals surface area contributed by atoms with Gasteiger partial charge in [-0.3, -0.25) is 4.90 Å². The average molecular weight is 161 g/mol. The highest BCUT2D eigenvalue weighted by Crippen LogP contribution is 2.22. The normalized spacial score (nSPS) is 27.1. The van der Waals surface area contributed by atoms with E-state index in [9.17, 15) is 4.79 Å². The topological polar surface area (TPSA) is 40.5 Å². The van der Waals surface area contributed by atoms with Gasteiger partial charge in [0.05, 0.1) is 0 Å². The second-order valence-electron chi connectivity index (χ2n) is 2.19. The average Bonchev–Trinajstić information content (AvgIpc) is 2.33. The lowest BCUT2D eigenvalue weighted by atomic mass is 10.5. The maximum absolute atomic E-state index is 10.5. The van der Waals surface area contributed by atoms with Gasteiger partial charge in [0.1, 0.15) is 0 Å². The standard InChI is InChI=1S/C6H11NO2S/c1-2-7-3-4-10-5(7)6(8)9/h5H,2-4H2,1H3,(H,8,9). The molecule has 0 amide bonds. The Morgan fingerprint density at radius 2 is 2.60 bits per heavy atom. The fraction of sp³-hybridized carbons (Fsp3) is 0.833. The zero-order valence-electron chi connectivity index (χ0n) is 5.91. The van der Waals surface area contributed by atoms with Crippen LogP contribution in [0.25, 0.3) is 0 Å².